The van der Waals surface area contributed by atoms with Crippen LogP contribution < -0.4 is 4.74 Å². The molecule has 0 aliphatic carbocycles. The average Bonchev–Trinajstić information content (AvgIpc) is 2.87. The van der Waals surface area contributed by atoms with E-state index in [1.165, 1.54) is 13.2 Å². The molecule has 0 saturated carbocycles. The fraction of sp³-hybridized carbons (Fsp3) is 0.190. The molecule has 8 nitrogen and oxygen atoms in total. The lowest BCUT2D eigenvalue weighted by molar-refractivity contribution is -0.126. The summed E-state index contributed by atoms with van der Waals surface area (Å²) in [5, 5.41) is 9.45. The Morgan fingerprint density at radius 1 is 1.12 bits per heavy atom. The first-order chi connectivity index (χ1) is 15.0. The minimum absolute atomic E-state index is 0.0142. The molecule has 32 heavy (non-hydrogen) atoms. The number of amides is 1. The zero-order valence-corrected chi connectivity index (χ0v) is 19.0. The number of aromatic carboxylic acids is 1. The predicted molar refractivity (Wildman–Crippen MR) is 118 cm³/mol. The number of carboxylic acid groups (broad SMARTS) is 1. The molecular weight excluding hydrogens is 481 g/mol. The number of halogens is 2. The molecule has 0 bridgehead atoms. The van der Waals surface area contributed by atoms with Crippen molar-refractivity contribution in [2.75, 3.05) is 13.7 Å². The Labute approximate surface area is 194 Å². The number of carboxylic acids is 1. The van der Waals surface area contributed by atoms with Crippen LogP contribution >= 0.6 is 23.2 Å². The quantitative estimate of drug-likeness (QED) is 0.625. The van der Waals surface area contributed by atoms with Gasteiger partial charge in [0.15, 0.2) is 5.78 Å². The summed E-state index contributed by atoms with van der Waals surface area (Å²) < 4.78 is 32.1. The first kappa shape index (κ1) is 23.8. The van der Waals surface area contributed by atoms with Gasteiger partial charge in [0.1, 0.15) is 5.75 Å². The van der Waals surface area contributed by atoms with Gasteiger partial charge < -0.3 is 9.84 Å². The van der Waals surface area contributed by atoms with Gasteiger partial charge in [0.2, 0.25) is 0 Å². The van der Waals surface area contributed by atoms with Gasteiger partial charge in [-0.1, -0.05) is 23.2 Å². The number of sulfonamides is 1. The number of ketones is 1. The second kappa shape index (κ2) is 9.32. The van der Waals surface area contributed by atoms with Gasteiger partial charge in [-0.3, -0.25) is 9.59 Å². The summed E-state index contributed by atoms with van der Waals surface area (Å²) in [5.74, 6) is -2.39. The lowest BCUT2D eigenvalue weighted by Gasteiger charge is -2.21. The smallest absolute Gasteiger partial charge is 0.337 e. The molecule has 168 valence electrons. The largest absolute Gasteiger partial charge is 0.496 e. The number of hydrogen-bond acceptors (Lipinski definition) is 6. The summed E-state index contributed by atoms with van der Waals surface area (Å²) in [6, 6.07) is 7.77. The monoisotopic (exact) mass is 497 g/mol. The van der Waals surface area contributed by atoms with Gasteiger partial charge in [-0.25, -0.2) is 17.5 Å². The number of rotatable bonds is 5. The van der Waals surface area contributed by atoms with E-state index in [2.05, 4.69) is 0 Å². The average molecular weight is 498 g/mol. The lowest BCUT2D eigenvalue weighted by atomic mass is 10.0. The predicted octanol–water partition coefficient (Wildman–Crippen LogP) is 3.66. The van der Waals surface area contributed by atoms with Crippen molar-refractivity contribution in [1.29, 1.82) is 0 Å². The van der Waals surface area contributed by atoms with Gasteiger partial charge in [0.25, 0.3) is 15.9 Å². The molecular formula is C21H17Cl2NO7S. The number of carbonyl (C=O) groups is 3. The maximum atomic E-state index is 13.2. The Morgan fingerprint density at radius 2 is 1.84 bits per heavy atom. The van der Waals surface area contributed by atoms with Crippen molar-refractivity contribution in [2.45, 2.75) is 17.7 Å². The third-order valence-corrected chi connectivity index (χ3v) is 7.06. The molecule has 1 N–H and O–H groups in total. The van der Waals surface area contributed by atoms with Crippen molar-refractivity contribution in [2.24, 2.45) is 0 Å². The lowest BCUT2D eigenvalue weighted by Crippen LogP contribution is -2.39. The molecule has 3 rings (SSSR count). The van der Waals surface area contributed by atoms with Gasteiger partial charge in [-0.15, -0.1) is 0 Å². The molecule has 0 unspecified atom stereocenters. The highest BCUT2D eigenvalue weighted by Crippen LogP contribution is 2.30. The third-order valence-electron chi connectivity index (χ3n) is 4.77. The maximum absolute atomic E-state index is 13.2. The minimum atomic E-state index is -4.55. The standard InChI is InChI=1S/C21H17Cl2NO7S/c1-31-19-7-3-14(22)9-13(19)8-12-2-4-15(25)11-24(20(12)26)32(29,30)16-5-6-18(23)17(10-16)21(27)28/h3,5-10H,2,4,11H2,1H3,(H,27,28)/b12-8+. The molecule has 2 aromatic rings. The van der Waals surface area contributed by atoms with Crippen LogP contribution in [0.4, 0.5) is 0 Å². The van der Waals surface area contributed by atoms with E-state index in [0.29, 0.717) is 20.6 Å². The Bertz CT molecular complexity index is 1250. The number of nitrogens with zero attached hydrogens (tertiary/aromatic N) is 1. The minimum Gasteiger partial charge on any atom is -0.496 e. The van der Waals surface area contributed by atoms with Crippen molar-refractivity contribution >= 4 is 57.0 Å². The molecule has 1 aliphatic rings. The number of benzene rings is 2. The molecule has 1 amide bonds. The maximum Gasteiger partial charge on any atom is 0.337 e. The van der Waals surface area contributed by atoms with Crippen molar-refractivity contribution in [1.82, 2.24) is 4.31 Å². The second-order valence-electron chi connectivity index (χ2n) is 6.86. The summed E-state index contributed by atoms with van der Waals surface area (Å²) in [7, 11) is -3.11. The molecule has 0 aromatic heterocycles. The summed E-state index contributed by atoms with van der Waals surface area (Å²) in [6.07, 6.45) is 1.40. The molecule has 1 heterocycles. The summed E-state index contributed by atoms with van der Waals surface area (Å²) in [4.78, 5) is 36.3. The van der Waals surface area contributed by atoms with Gasteiger partial charge in [0.05, 0.1) is 29.1 Å². The van der Waals surface area contributed by atoms with Crippen LogP contribution in [0.15, 0.2) is 46.9 Å². The number of Topliss-reactive ketones (excluding diaryl/α,β-unsaturated/α-hetero) is 1. The highest BCUT2D eigenvalue weighted by Gasteiger charge is 2.36. The van der Waals surface area contributed by atoms with E-state index >= 15 is 0 Å². The molecule has 0 radical (unpaired) electrons. The van der Waals surface area contributed by atoms with E-state index in [1.54, 1.807) is 18.2 Å². The van der Waals surface area contributed by atoms with Crippen LogP contribution in [0.5, 0.6) is 5.75 Å². The normalized spacial score (nSPS) is 16.2. The molecule has 1 fully saturated rings. The van der Waals surface area contributed by atoms with Crippen LogP contribution in [-0.4, -0.2) is 49.1 Å². The van der Waals surface area contributed by atoms with E-state index < -0.39 is 44.7 Å². The SMILES string of the molecule is COc1ccc(Cl)cc1/C=C1\CCC(=O)CN(S(=O)(=O)c2ccc(Cl)c(C(=O)O)c2)C1=O. The van der Waals surface area contributed by atoms with Gasteiger partial charge in [-0.2, -0.15) is 0 Å². The molecule has 1 saturated heterocycles. The van der Waals surface area contributed by atoms with Gasteiger partial charge >= 0.3 is 5.97 Å². The van der Waals surface area contributed by atoms with E-state index in [9.17, 15) is 27.9 Å². The number of carbonyl (C=O) groups excluding carboxylic acids is 2. The van der Waals surface area contributed by atoms with Crippen LogP contribution in [0.2, 0.25) is 10.0 Å². The topological polar surface area (TPSA) is 118 Å². The van der Waals surface area contributed by atoms with Crippen molar-refractivity contribution < 1.29 is 32.6 Å². The first-order valence-corrected chi connectivity index (χ1v) is 11.4. The highest BCUT2D eigenvalue weighted by molar-refractivity contribution is 7.89. The van der Waals surface area contributed by atoms with Gasteiger partial charge in [0, 0.05) is 22.6 Å². The zero-order chi connectivity index (χ0) is 23.6. The summed E-state index contributed by atoms with van der Waals surface area (Å²) in [6.45, 7) is -0.670. The zero-order valence-electron chi connectivity index (χ0n) is 16.7. The van der Waals surface area contributed by atoms with E-state index in [0.717, 1.165) is 18.2 Å². The number of hydrogen-bond donors (Lipinski definition) is 1. The van der Waals surface area contributed by atoms with E-state index in [1.807, 2.05) is 0 Å². The second-order valence-corrected chi connectivity index (χ2v) is 9.56. The summed E-state index contributed by atoms with van der Waals surface area (Å²) in [5.41, 5.74) is 0.0582. The fourth-order valence-electron chi connectivity index (χ4n) is 3.14. The number of ether oxygens (including phenoxy) is 1. The molecule has 0 atom stereocenters. The molecule has 1 aliphatic heterocycles. The Kier molecular flexibility index (Phi) is 6.92. The van der Waals surface area contributed by atoms with Gasteiger partial charge in [-0.05, 0) is 48.9 Å². The van der Waals surface area contributed by atoms with E-state index in [4.69, 9.17) is 27.9 Å². The van der Waals surface area contributed by atoms with Crippen molar-refractivity contribution in [3.8, 4) is 5.75 Å². The fourth-order valence-corrected chi connectivity index (χ4v) is 4.93. The molecule has 11 heteroatoms. The number of methoxy groups -OCH3 is 1. The van der Waals surface area contributed by atoms with E-state index in [-0.39, 0.29) is 23.4 Å². The van der Waals surface area contributed by atoms with Crippen LogP contribution in [0.25, 0.3) is 6.08 Å². The molecule has 2 aromatic carbocycles. The summed E-state index contributed by atoms with van der Waals surface area (Å²) >= 11 is 11.8. The van der Waals surface area contributed by atoms with Crippen molar-refractivity contribution in [3.63, 3.8) is 0 Å². The van der Waals surface area contributed by atoms with Crippen LogP contribution in [0.3, 0.4) is 0 Å². The highest BCUT2D eigenvalue weighted by atomic mass is 35.5. The van der Waals surface area contributed by atoms with Crippen LogP contribution in [0.1, 0.15) is 28.8 Å². The molecule has 0 spiro atoms. The Morgan fingerprint density at radius 3 is 2.50 bits per heavy atom. The van der Waals surface area contributed by atoms with Crippen LogP contribution in [-0.2, 0) is 19.6 Å². The Hall–Kier alpha value is -2.88. The van der Waals surface area contributed by atoms with Crippen LogP contribution in [0, 0.1) is 0 Å². The third kappa shape index (κ3) is 4.79. The Balaban J connectivity index is 2.09. The first-order valence-electron chi connectivity index (χ1n) is 9.20. The van der Waals surface area contributed by atoms with Crippen molar-refractivity contribution in [3.05, 3.63) is 63.1 Å².